The molecule has 2 heterocycles. The third-order valence-electron chi connectivity index (χ3n) is 4.33. The Morgan fingerprint density at radius 1 is 1.25 bits per heavy atom. The molecule has 2 aromatic heterocycles. The van der Waals surface area contributed by atoms with Crippen LogP contribution >= 0.6 is 11.3 Å². The van der Waals surface area contributed by atoms with E-state index in [0.29, 0.717) is 28.4 Å². The van der Waals surface area contributed by atoms with Gasteiger partial charge in [0.05, 0.1) is 13.7 Å². The molecule has 0 atom stereocenters. The summed E-state index contributed by atoms with van der Waals surface area (Å²) in [7, 11) is 3.10. The van der Waals surface area contributed by atoms with Crippen LogP contribution in [0.4, 0.5) is 0 Å². The zero-order valence-electron chi connectivity index (χ0n) is 16.1. The third-order valence-corrected chi connectivity index (χ3v) is 5.43. The Bertz CT molecular complexity index is 1090. The Kier molecular flexibility index (Phi) is 5.79. The number of methoxy groups -OCH3 is 1. The summed E-state index contributed by atoms with van der Waals surface area (Å²) >= 11 is 1.43. The summed E-state index contributed by atoms with van der Waals surface area (Å²) in [6.45, 7) is 4.31. The molecule has 28 heavy (non-hydrogen) atoms. The van der Waals surface area contributed by atoms with Crippen LogP contribution in [0.25, 0.3) is 0 Å². The summed E-state index contributed by atoms with van der Waals surface area (Å²) in [6.07, 6.45) is 0. The minimum atomic E-state index is -0.348. The molecule has 2 amide bonds. The van der Waals surface area contributed by atoms with Gasteiger partial charge >= 0.3 is 0 Å². The first-order chi connectivity index (χ1) is 13.4. The predicted octanol–water partition coefficient (Wildman–Crippen LogP) is 2.92. The molecule has 146 valence electrons. The fraction of sp³-hybridized carbons (Fsp3) is 0.250. The number of thiazole rings is 1. The first-order valence-electron chi connectivity index (χ1n) is 8.63. The molecule has 7 nitrogen and oxygen atoms in total. The van der Waals surface area contributed by atoms with Gasteiger partial charge in [-0.1, -0.05) is 6.07 Å². The molecule has 0 fully saturated rings. The smallest absolute Gasteiger partial charge is 0.286 e. The van der Waals surface area contributed by atoms with Crippen LogP contribution in [0, 0.1) is 13.8 Å². The van der Waals surface area contributed by atoms with E-state index in [2.05, 4.69) is 10.3 Å². The maximum absolute atomic E-state index is 12.6. The second-order valence-corrected chi connectivity index (χ2v) is 7.29. The Balaban J connectivity index is 1.95. The number of nitrogens with zero attached hydrogens (tertiary/aromatic N) is 2. The van der Waals surface area contributed by atoms with Crippen molar-refractivity contribution in [1.82, 2.24) is 9.88 Å². The maximum atomic E-state index is 12.6. The van der Waals surface area contributed by atoms with Gasteiger partial charge in [-0.2, -0.15) is 4.99 Å². The standard InChI is InChI=1S/C20H21N3O4S/c1-12-13(2)28-20(22-18(24)14-6-5-7-15(10-14)26-4)23(12)11-16-8-9-17(27-16)19(25)21-3/h5-10H,11H2,1-4H3,(H,21,25). The lowest BCUT2D eigenvalue weighted by atomic mass is 10.2. The Morgan fingerprint density at radius 2 is 2.04 bits per heavy atom. The Morgan fingerprint density at radius 3 is 2.75 bits per heavy atom. The molecule has 3 aromatic rings. The Labute approximate surface area is 166 Å². The topological polar surface area (TPSA) is 85.8 Å². The molecule has 0 radical (unpaired) electrons. The number of rotatable bonds is 5. The number of furan rings is 1. The van der Waals surface area contributed by atoms with Gasteiger partial charge in [-0.25, -0.2) is 0 Å². The van der Waals surface area contributed by atoms with E-state index in [-0.39, 0.29) is 17.6 Å². The Hall–Kier alpha value is -3.13. The minimum absolute atomic E-state index is 0.244. The molecule has 0 saturated heterocycles. The molecule has 0 aliphatic heterocycles. The number of hydrogen-bond donors (Lipinski definition) is 1. The van der Waals surface area contributed by atoms with E-state index in [0.717, 1.165) is 10.6 Å². The van der Waals surface area contributed by atoms with Gasteiger partial charge in [0.25, 0.3) is 11.8 Å². The molecular weight excluding hydrogens is 378 g/mol. The molecule has 0 spiro atoms. The van der Waals surface area contributed by atoms with Crippen LogP contribution in [0.5, 0.6) is 5.75 Å². The molecule has 0 aliphatic rings. The van der Waals surface area contributed by atoms with Crippen LogP contribution in [0.2, 0.25) is 0 Å². The van der Waals surface area contributed by atoms with E-state index < -0.39 is 0 Å². The number of nitrogens with one attached hydrogen (secondary N) is 1. The van der Waals surface area contributed by atoms with Crippen molar-refractivity contribution in [3.8, 4) is 5.75 Å². The van der Waals surface area contributed by atoms with Crippen molar-refractivity contribution in [2.75, 3.05) is 14.2 Å². The van der Waals surface area contributed by atoms with Gasteiger partial charge in [0, 0.05) is 23.2 Å². The lowest BCUT2D eigenvalue weighted by Crippen LogP contribution is -2.19. The highest BCUT2D eigenvalue weighted by atomic mass is 32.1. The molecule has 1 N–H and O–H groups in total. The van der Waals surface area contributed by atoms with E-state index in [1.807, 2.05) is 18.4 Å². The molecule has 0 aliphatic carbocycles. The summed E-state index contributed by atoms with van der Waals surface area (Å²) in [5.74, 6) is 0.820. The normalized spacial score (nSPS) is 11.5. The van der Waals surface area contributed by atoms with Gasteiger partial charge in [-0.15, -0.1) is 11.3 Å². The van der Waals surface area contributed by atoms with Crippen LogP contribution in [0.3, 0.4) is 0 Å². The van der Waals surface area contributed by atoms with Gasteiger partial charge in [-0.05, 0) is 44.2 Å². The number of benzene rings is 1. The van der Waals surface area contributed by atoms with E-state index in [1.54, 1.807) is 50.6 Å². The van der Waals surface area contributed by atoms with Crippen molar-refractivity contribution in [2.24, 2.45) is 4.99 Å². The number of hydrogen-bond acceptors (Lipinski definition) is 5. The van der Waals surface area contributed by atoms with Crippen LogP contribution in [-0.4, -0.2) is 30.5 Å². The average molecular weight is 399 g/mol. The lowest BCUT2D eigenvalue weighted by Gasteiger charge is -2.04. The van der Waals surface area contributed by atoms with Gasteiger partial charge in [-0.3, -0.25) is 9.59 Å². The monoisotopic (exact) mass is 399 g/mol. The molecule has 8 heteroatoms. The SMILES string of the molecule is CNC(=O)c1ccc(Cn2c(C)c(C)sc2=NC(=O)c2cccc(OC)c2)o1. The van der Waals surface area contributed by atoms with E-state index in [4.69, 9.17) is 9.15 Å². The quantitative estimate of drug-likeness (QED) is 0.715. The van der Waals surface area contributed by atoms with Gasteiger partial charge in [0.2, 0.25) is 0 Å². The first-order valence-corrected chi connectivity index (χ1v) is 9.45. The number of aromatic nitrogens is 1. The third kappa shape index (κ3) is 4.07. The fourth-order valence-corrected chi connectivity index (χ4v) is 3.61. The highest BCUT2D eigenvalue weighted by Crippen LogP contribution is 2.16. The molecule has 0 bridgehead atoms. The zero-order valence-corrected chi connectivity index (χ0v) is 16.9. The van der Waals surface area contributed by atoms with Crippen molar-refractivity contribution < 1.29 is 18.7 Å². The predicted molar refractivity (Wildman–Crippen MR) is 106 cm³/mol. The van der Waals surface area contributed by atoms with Crippen LogP contribution in [-0.2, 0) is 6.54 Å². The van der Waals surface area contributed by atoms with Gasteiger partial charge in [0.1, 0.15) is 11.5 Å². The number of ether oxygens (including phenoxy) is 1. The minimum Gasteiger partial charge on any atom is -0.497 e. The van der Waals surface area contributed by atoms with E-state index >= 15 is 0 Å². The second-order valence-electron chi connectivity index (χ2n) is 6.11. The maximum Gasteiger partial charge on any atom is 0.286 e. The van der Waals surface area contributed by atoms with Crippen LogP contribution in [0.15, 0.2) is 45.8 Å². The van der Waals surface area contributed by atoms with E-state index in [1.165, 1.54) is 11.3 Å². The molecule has 1 aromatic carbocycles. The zero-order chi connectivity index (χ0) is 20.3. The number of carbonyl (C=O) groups is 2. The second kappa shape index (κ2) is 8.26. The summed E-state index contributed by atoms with van der Waals surface area (Å²) in [5.41, 5.74) is 1.44. The number of amides is 2. The highest BCUT2D eigenvalue weighted by Gasteiger charge is 2.14. The average Bonchev–Trinajstić information content (AvgIpc) is 3.28. The summed E-state index contributed by atoms with van der Waals surface area (Å²) in [6, 6.07) is 10.3. The van der Waals surface area contributed by atoms with Crippen LogP contribution < -0.4 is 14.9 Å². The van der Waals surface area contributed by atoms with Crippen LogP contribution in [0.1, 0.15) is 37.2 Å². The van der Waals surface area contributed by atoms with Gasteiger partial charge in [0.15, 0.2) is 10.6 Å². The number of aryl methyl sites for hydroxylation is 1. The molecule has 3 rings (SSSR count). The van der Waals surface area contributed by atoms with Gasteiger partial charge < -0.3 is 19.0 Å². The molecular formula is C20H21N3O4S. The number of carbonyl (C=O) groups excluding carboxylic acids is 2. The lowest BCUT2D eigenvalue weighted by molar-refractivity contribution is 0.0933. The molecule has 0 unspecified atom stereocenters. The van der Waals surface area contributed by atoms with Crippen molar-refractivity contribution in [2.45, 2.75) is 20.4 Å². The first kappa shape index (κ1) is 19.6. The fourth-order valence-electron chi connectivity index (χ4n) is 2.64. The largest absolute Gasteiger partial charge is 0.497 e. The van der Waals surface area contributed by atoms with E-state index in [9.17, 15) is 9.59 Å². The summed E-state index contributed by atoms with van der Waals surface area (Å²) in [4.78, 5) is 30.3. The summed E-state index contributed by atoms with van der Waals surface area (Å²) < 4.78 is 12.7. The van der Waals surface area contributed by atoms with Crippen molar-refractivity contribution >= 4 is 23.2 Å². The molecule has 0 saturated carbocycles. The van der Waals surface area contributed by atoms with Crippen molar-refractivity contribution in [3.05, 3.63) is 68.9 Å². The summed E-state index contributed by atoms with van der Waals surface area (Å²) in [5, 5.41) is 2.53. The van der Waals surface area contributed by atoms with Crippen molar-refractivity contribution in [1.29, 1.82) is 0 Å². The highest BCUT2D eigenvalue weighted by molar-refractivity contribution is 7.09. The van der Waals surface area contributed by atoms with Crippen molar-refractivity contribution in [3.63, 3.8) is 0 Å².